The van der Waals surface area contributed by atoms with Gasteiger partial charge in [0.1, 0.15) is 6.10 Å². The molecular formula is C19H20N4O4. The summed E-state index contributed by atoms with van der Waals surface area (Å²) >= 11 is 0. The fourth-order valence-electron chi connectivity index (χ4n) is 3.28. The molecule has 0 spiro atoms. The van der Waals surface area contributed by atoms with Crippen LogP contribution in [0.4, 0.5) is 0 Å². The SMILES string of the molecule is C[C@@H]1C(OC(=O)c2ccccc2)C(O)OC(c2nc3ncccn3n2)[C@@H]1C. The molecule has 8 heteroatoms. The number of hydrogen-bond acceptors (Lipinski definition) is 7. The Morgan fingerprint density at radius 3 is 2.70 bits per heavy atom. The highest BCUT2D eigenvalue weighted by Gasteiger charge is 2.45. The molecule has 4 rings (SSSR count). The lowest BCUT2D eigenvalue weighted by Crippen LogP contribution is -2.48. The first-order valence-electron chi connectivity index (χ1n) is 8.81. The molecule has 140 valence electrons. The van der Waals surface area contributed by atoms with Gasteiger partial charge in [0, 0.05) is 18.3 Å². The van der Waals surface area contributed by atoms with E-state index in [-0.39, 0.29) is 11.8 Å². The van der Waals surface area contributed by atoms with E-state index in [0.29, 0.717) is 17.2 Å². The Bertz CT molecular complexity index is 912. The molecule has 3 aromatic rings. The smallest absolute Gasteiger partial charge is 0.338 e. The van der Waals surface area contributed by atoms with Crippen molar-refractivity contribution in [1.29, 1.82) is 0 Å². The number of ether oxygens (including phenoxy) is 2. The third kappa shape index (κ3) is 3.29. The van der Waals surface area contributed by atoms with Crippen LogP contribution in [0.25, 0.3) is 5.78 Å². The summed E-state index contributed by atoms with van der Waals surface area (Å²) in [4.78, 5) is 20.9. The zero-order valence-corrected chi connectivity index (χ0v) is 15.0. The molecule has 1 saturated heterocycles. The minimum atomic E-state index is -1.27. The highest BCUT2D eigenvalue weighted by atomic mass is 16.7. The van der Waals surface area contributed by atoms with Crippen molar-refractivity contribution in [1.82, 2.24) is 19.6 Å². The van der Waals surface area contributed by atoms with Crippen molar-refractivity contribution in [3.8, 4) is 0 Å². The number of esters is 1. The third-order valence-corrected chi connectivity index (χ3v) is 5.03. The van der Waals surface area contributed by atoms with Gasteiger partial charge in [-0.1, -0.05) is 32.0 Å². The quantitative estimate of drug-likeness (QED) is 0.706. The zero-order valence-electron chi connectivity index (χ0n) is 15.0. The highest BCUT2D eigenvalue weighted by molar-refractivity contribution is 5.89. The number of hydrogen-bond donors (Lipinski definition) is 1. The molecule has 1 aliphatic heterocycles. The molecule has 2 aromatic heterocycles. The van der Waals surface area contributed by atoms with Crippen LogP contribution in [0.2, 0.25) is 0 Å². The summed E-state index contributed by atoms with van der Waals surface area (Å²) in [5, 5.41) is 14.9. The topological polar surface area (TPSA) is 98.8 Å². The molecule has 0 saturated carbocycles. The second kappa shape index (κ2) is 7.05. The Morgan fingerprint density at radius 1 is 1.19 bits per heavy atom. The number of nitrogens with zero attached hydrogens (tertiary/aromatic N) is 4. The van der Waals surface area contributed by atoms with Crippen LogP contribution in [0.1, 0.15) is 36.1 Å². The van der Waals surface area contributed by atoms with Crippen molar-refractivity contribution >= 4 is 11.7 Å². The predicted octanol–water partition coefficient (Wildman–Crippen LogP) is 2.01. The molecule has 27 heavy (non-hydrogen) atoms. The van der Waals surface area contributed by atoms with E-state index >= 15 is 0 Å². The number of carbonyl (C=O) groups is 1. The van der Waals surface area contributed by atoms with Crippen LogP contribution < -0.4 is 0 Å². The molecule has 1 aromatic carbocycles. The molecule has 1 N–H and O–H groups in total. The van der Waals surface area contributed by atoms with Crippen LogP contribution in [-0.4, -0.2) is 43.1 Å². The summed E-state index contributed by atoms with van der Waals surface area (Å²) in [6, 6.07) is 10.4. The minimum absolute atomic E-state index is 0.0839. The van der Waals surface area contributed by atoms with Crippen molar-refractivity contribution in [3.05, 3.63) is 60.2 Å². The monoisotopic (exact) mass is 368 g/mol. The summed E-state index contributed by atoms with van der Waals surface area (Å²) in [7, 11) is 0. The fraction of sp³-hybridized carbons (Fsp3) is 0.368. The highest BCUT2D eigenvalue weighted by Crippen LogP contribution is 2.39. The van der Waals surface area contributed by atoms with E-state index in [0.717, 1.165) is 0 Å². The van der Waals surface area contributed by atoms with E-state index in [1.807, 2.05) is 19.9 Å². The fourth-order valence-corrected chi connectivity index (χ4v) is 3.28. The number of carbonyl (C=O) groups excluding carboxylic acids is 1. The maximum atomic E-state index is 12.4. The average Bonchev–Trinajstić information content (AvgIpc) is 3.12. The van der Waals surface area contributed by atoms with Gasteiger partial charge in [0.15, 0.2) is 18.2 Å². The molecular weight excluding hydrogens is 348 g/mol. The Kier molecular flexibility index (Phi) is 4.59. The standard InChI is InChI=1S/C19H20N4O4/c1-11-12(2)15(27-17(24)13-7-4-3-5-8-13)18(25)26-14(11)16-21-19-20-9-6-10-23(19)22-16/h3-12,14-15,18,25H,1-2H3/t11-,12+,14?,15?,18?/m1/s1. The maximum Gasteiger partial charge on any atom is 0.338 e. The van der Waals surface area contributed by atoms with Crippen LogP contribution in [0.5, 0.6) is 0 Å². The van der Waals surface area contributed by atoms with Gasteiger partial charge in [-0.15, -0.1) is 5.10 Å². The average molecular weight is 368 g/mol. The summed E-state index contributed by atoms with van der Waals surface area (Å²) in [6.07, 6.45) is 0.808. The molecule has 0 aliphatic carbocycles. The van der Waals surface area contributed by atoms with E-state index in [1.54, 1.807) is 47.2 Å². The molecule has 3 unspecified atom stereocenters. The van der Waals surface area contributed by atoms with Crippen LogP contribution in [-0.2, 0) is 9.47 Å². The lowest BCUT2D eigenvalue weighted by Gasteiger charge is -2.41. The first-order chi connectivity index (χ1) is 13.0. The van der Waals surface area contributed by atoms with Gasteiger partial charge in [0.25, 0.3) is 5.78 Å². The lowest BCUT2D eigenvalue weighted by atomic mass is 9.83. The summed E-state index contributed by atoms with van der Waals surface area (Å²) < 4.78 is 12.8. The number of aliphatic hydroxyl groups is 1. The van der Waals surface area contributed by atoms with E-state index in [2.05, 4.69) is 15.1 Å². The molecule has 3 heterocycles. The Hall–Kier alpha value is -2.84. The van der Waals surface area contributed by atoms with E-state index in [4.69, 9.17) is 9.47 Å². The van der Waals surface area contributed by atoms with Gasteiger partial charge in [0.05, 0.1) is 5.56 Å². The molecule has 1 fully saturated rings. The summed E-state index contributed by atoms with van der Waals surface area (Å²) in [5.41, 5.74) is 0.430. The number of fused-ring (bicyclic) bond motifs is 1. The van der Waals surface area contributed by atoms with Crippen LogP contribution in [0.3, 0.4) is 0 Å². The lowest BCUT2D eigenvalue weighted by molar-refractivity contribution is -0.253. The van der Waals surface area contributed by atoms with Gasteiger partial charge in [-0.25, -0.2) is 14.3 Å². The van der Waals surface area contributed by atoms with E-state index in [9.17, 15) is 9.90 Å². The van der Waals surface area contributed by atoms with Gasteiger partial charge in [-0.3, -0.25) is 0 Å². The van der Waals surface area contributed by atoms with Crippen molar-refractivity contribution in [2.24, 2.45) is 11.8 Å². The first-order valence-corrected chi connectivity index (χ1v) is 8.81. The van der Waals surface area contributed by atoms with Crippen LogP contribution in [0, 0.1) is 11.8 Å². The molecule has 0 bridgehead atoms. The van der Waals surface area contributed by atoms with E-state index < -0.39 is 24.5 Å². The Morgan fingerprint density at radius 2 is 1.96 bits per heavy atom. The van der Waals surface area contributed by atoms with Crippen molar-refractivity contribution in [2.75, 3.05) is 0 Å². The zero-order chi connectivity index (χ0) is 19.0. The van der Waals surface area contributed by atoms with Gasteiger partial charge in [0.2, 0.25) is 0 Å². The number of aliphatic hydroxyl groups excluding tert-OH is 1. The van der Waals surface area contributed by atoms with Crippen molar-refractivity contribution in [3.63, 3.8) is 0 Å². The predicted molar refractivity (Wildman–Crippen MR) is 94.6 cm³/mol. The Labute approximate surface area is 155 Å². The van der Waals surface area contributed by atoms with E-state index in [1.165, 1.54) is 0 Å². The van der Waals surface area contributed by atoms with Crippen molar-refractivity contribution in [2.45, 2.75) is 32.3 Å². The van der Waals surface area contributed by atoms with Gasteiger partial charge in [-0.05, 0) is 24.1 Å². The molecule has 0 amide bonds. The third-order valence-electron chi connectivity index (χ3n) is 5.03. The number of aromatic nitrogens is 4. The molecule has 0 radical (unpaired) electrons. The molecule has 8 nitrogen and oxygen atoms in total. The van der Waals surface area contributed by atoms with Gasteiger partial charge in [-0.2, -0.15) is 4.98 Å². The second-order valence-electron chi connectivity index (χ2n) is 6.74. The number of rotatable bonds is 3. The Balaban J connectivity index is 1.53. The van der Waals surface area contributed by atoms with Crippen LogP contribution >= 0.6 is 0 Å². The summed E-state index contributed by atoms with van der Waals surface area (Å²) in [6.45, 7) is 3.88. The van der Waals surface area contributed by atoms with Gasteiger partial charge >= 0.3 is 5.97 Å². The van der Waals surface area contributed by atoms with Crippen molar-refractivity contribution < 1.29 is 19.4 Å². The normalized spacial score (nSPS) is 28.2. The molecule has 5 atom stereocenters. The largest absolute Gasteiger partial charge is 0.453 e. The summed E-state index contributed by atoms with van der Waals surface area (Å²) in [5.74, 6) is 0.171. The maximum absolute atomic E-state index is 12.4. The number of benzene rings is 1. The minimum Gasteiger partial charge on any atom is -0.453 e. The first kappa shape index (κ1) is 17.6. The second-order valence-corrected chi connectivity index (χ2v) is 6.74. The molecule has 1 aliphatic rings. The van der Waals surface area contributed by atoms with Gasteiger partial charge < -0.3 is 14.6 Å². The van der Waals surface area contributed by atoms with Crippen LogP contribution in [0.15, 0.2) is 48.8 Å².